The van der Waals surface area contributed by atoms with Crippen molar-refractivity contribution >= 4 is 15.9 Å². The molecule has 0 fully saturated rings. The van der Waals surface area contributed by atoms with Gasteiger partial charge in [0, 0.05) is 10.4 Å². The highest BCUT2D eigenvalue weighted by Gasteiger charge is 2.11. The maximum atomic E-state index is 12.9. The molecule has 0 bridgehead atoms. The Morgan fingerprint density at radius 3 is 2.55 bits per heavy atom. The SMILES string of the molecule is CC(Br)c1c(O)cccc1F. The highest BCUT2D eigenvalue weighted by atomic mass is 79.9. The van der Waals surface area contributed by atoms with E-state index in [2.05, 4.69) is 15.9 Å². The van der Waals surface area contributed by atoms with Gasteiger partial charge in [-0.15, -0.1) is 0 Å². The van der Waals surface area contributed by atoms with Crippen molar-refractivity contribution in [2.75, 3.05) is 0 Å². The minimum atomic E-state index is -0.380. The number of aromatic hydroxyl groups is 1. The first-order valence-electron chi connectivity index (χ1n) is 3.24. The molecule has 0 spiro atoms. The fourth-order valence-electron chi connectivity index (χ4n) is 0.919. The zero-order chi connectivity index (χ0) is 8.43. The largest absolute Gasteiger partial charge is 0.508 e. The van der Waals surface area contributed by atoms with Gasteiger partial charge in [0.25, 0.3) is 0 Å². The van der Waals surface area contributed by atoms with E-state index >= 15 is 0 Å². The summed E-state index contributed by atoms with van der Waals surface area (Å²) in [6, 6.07) is 4.27. The second-order valence-corrected chi connectivity index (χ2v) is 3.66. The number of phenols is 1. The van der Waals surface area contributed by atoms with E-state index in [1.165, 1.54) is 18.2 Å². The number of alkyl halides is 1. The molecule has 1 atom stereocenters. The Balaban J connectivity index is 3.21. The lowest BCUT2D eigenvalue weighted by Crippen LogP contribution is -1.89. The highest BCUT2D eigenvalue weighted by Crippen LogP contribution is 2.31. The van der Waals surface area contributed by atoms with Crippen LogP contribution in [0.2, 0.25) is 0 Å². The van der Waals surface area contributed by atoms with Crippen LogP contribution in [0.15, 0.2) is 18.2 Å². The van der Waals surface area contributed by atoms with Crippen molar-refractivity contribution in [1.29, 1.82) is 0 Å². The molecule has 11 heavy (non-hydrogen) atoms. The minimum Gasteiger partial charge on any atom is -0.508 e. The van der Waals surface area contributed by atoms with Gasteiger partial charge in [-0.25, -0.2) is 4.39 Å². The lowest BCUT2D eigenvalue weighted by atomic mass is 10.1. The Labute approximate surface area is 73.0 Å². The van der Waals surface area contributed by atoms with Gasteiger partial charge in [0.15, 0.2) is 0 Å². The van der Waals surface area contributed by atoms with Crippen LogP contribution in [0.4, 0.5) is 4.39 Å². The molecule has 0 heterocycles. The molecule has 1 unspecified atom stereocenters. The number of hydrogen-bond acceptors (Lipinski definition) is 1. The molecule has 3 heteroatoms. The molecule has 60 valence electrons. The van der Waals surface area contributed by atoms with Gasteiger partial charge in [-0.1, -0.05) is 22.0 Å². The molecule has 0 aromatic heterocycles. The highest BCUT2D eigenvalue weighted by molar-refractivity contribution is 9.09. The molecule has 0 aliphatic heterocycles. The molecule has 1 N–H and O–H groups in total. The third-order valence-corrected chi connectivity index (χ3v) is 1.89. The summed E-state index contributed by atoms with van der Waals surface area (Å²) in [6.45, 7) is 1.76. The maximum Gasteiger partial charge on any atom is 0.131 e. The Morgan fingerprint density at radius 2 is 2.18 bits per heavy atom. The van der Waals surface area contributed by atoms with E-state index in [0.29, 0.717) is 5.56 Å². The average Bonchev–Trinajstić information content (AvgIpc) is 1.85. The predicted molar refractivity (Wildman–Crippen MR) is 45.4 cm³/mol. The van der Waals surface area contributed by atoms with Crippen LogP contribution in [0.25, 0.3) is 0 Å². The minimum absolute atomic E-state index is 0.00521. The smallest absolute Gasteiger partial charge is 0.131 e. The van der Waals surface area contributed by atoms with Crippen molar-refractivity contribution in [1.82, 2.24) is 0 Å². The van der Waals surface area contributed by atoms with Gasteiger partial charge in [-0.2, -0.15) is 0 Å². The van der Waals surface area contributed by atoms with Gasteiger partial charge >= 0.3 is 0 Å². The lowest BCUT2D eigenvalue weighted by Gasteiger charge is -2.06. The van der Waals surface area contributed by atoms with Gasteiger partial charge in [-0.05, 0) is 19.1 Å². The summed E-state index contributed by atoms with van der Waals surface area (Å²) in [5, 5.41) is 9.19. The molecular weight excluding hydrogens is 211 g/mol. The zero-order valence-electron chi connectivity index (χ0n) is 6.01. The van der Waals surface area contributed by atoms with Gasteiger partial charge in [-0.3, -0.25) is 0 Å². The quantitative estimate of drug-likeness (QED) is 0.719. The van der Waals surface area contributed by atoms with E-state index in [1.54, 1.807) is 6.92 Å². The standard InChI is InChI=1S/C8H8BrFO/c1-5(9)8-6(10)3-2-4-7(8)11/h2-5,11H,1H3. The van der Waals surface area contributed by atoms with E-state index < -0.39 is 0 Å². The number of hydrogen-bond donors (Lipinski definition) is 1. The zero-order valence-corrected chi connectivity index (χ0v) is 7.60. The molecule has 1 nitrogen and oxygen atoms in total. The Hall–Kier alpha value is -0.570. The average molecular weight is 219 g/mol. The Kier molecular flexibility index (Phi) is 2.49. The van der Waals surface area contributed by atoms with Gasteiger partial charge in [0.2, 0.25) is 0 Å². The van der Waals surface area contributed by atoms with Crippen molar-refractivity contribution in [2.45, 2.75) is 11.8 Å². The van der Waals surface area contributed by atoms with E-state index in [1.807, 2.05) is 0 Å². The molecule has 0 aliphatic rings. The molecule has 0 aliphatic carbocycles. The second-order valence-electron chi connectivity index (χ2n) is 2.29. The summed E-state index contributed by atoms with van der Waals surface area (Å²) in [5.74, 6) is -0.385. The topological polar surface area (TPSA) is 20.2 Å². The molecule has 1 aromatic carbocycles. The van der Waals surface area contributed by atoms with Crippen LogP contribution in [0.5, 0.6) is 5.75 Å². The molecule has 0 radical (unpaired) electrons. The van der Waals surface area contributed by atoms with Crippen LogP contribution in [0, 0.1) is 5.82 Å². The first kappa shape index (κ1) is 8.53. The Morgan fingerprint density at radius 1 is 1.55 bits per heavy atom. The lowest BCUT2D eigenvalue weighted by molar-refractivity contribution is 0.459. The number of rotatable bonds is 1. The van der Waals surface area contributed by atoms with E-state index in [-0.39, 0.29) is 16.4 Å². The number of halogens is 2. The van der Waals surface area contributed by atoms with Crippen molar-refractivity contribution in [3.8, 4) is 5.75 Å². The summed E-state index contributed by atoms with van der Waals surface area (Å²) in [7, 11) is 0. The summed E-state index contributed by atoms with van der Waals surface area (Å²) >= 11 is 3.18. The van der Waals surface area contributed by atoms with E-state index in [0.717, 1.165) is 0 Å². The molecule has 0 saturated heterocycles. The molecular formula is C8H8BrFO. The summed E-state index contributed by atoms with van der Waals surface area (Å²) in [6.07, 6.45) is 0. The van der Waals surface area contributed by atoms with Crippen molar-refractivity contribution in [3.05, 3.63) is 29.6 Å². The van der Waals surface area contributed by atoms with Crippen LogP contribution in [-0.4, -0.2) is 5.11 Å². The van der Waals surface area contributed by atoms with Crippen LogP contribution in [0.3, 0.4) is 0 Å². The predicted octanol–water partition coefficient (Wildman–Crippen LogP) is 2.99. The number of phenolic OH excluding ortho intramolecular Hbond substituents is 1. The fraction of sp³-hybridized carbons (Fsp3) is 0.250. The van der Waals surface area contributed by atoms with Gasteiger partial charge in [0.1, 0.15) is 11.6 Å². The second kappa shape index (κ2) is 3.22. The van der Waals surface area contributed by atoms with Gasteiger partial charge in [0.05, 0.1) is 0 Å². The third kappa shape index (κ3) is 1.71. The Bertz CT molecular complexity index is 240. The molecule has 1 rings (SSSR count). The molecule has 0 amide bonds. The van der Waals surface area contributed by atoms with Crippen LogP contribution >= 0.6 is 15.9 Å². The first-order chi connectivity index (χ1) is 5.13. The third-order valence-electron chi connectivity index (χ3n) is 1.43. The van der Waals surface area contributed by atoms with Crippen LogP contribution in [0.1, 0.15) is 17.3 Å². The maximum absolute atomic E-state index is 12.9. The van der Waals surface area contributed by atoms with Crippen molar-refractivity contribution in [3.63, 3.8) is 0 Å². The van der Waals surface area contributed by atoms with E-state index in [4.69, 9.17) is 0 Å². The van der Waals surface area contributed by atoms with Gasteiger partial charge < -0.3 is 5.11 Å². The summed E-state index contributed by atoms with van der Waals surface area (Å²) in [5.41, 5.74) is 0.313. The van der Waals surface area contributed by atoms with E-state index in [9.17, 15) is 9.50 Å². The van der Waals surface area contributed by atoms with Crippen molar-refractivity contribution < 1.29 is 9.50 Å². The number of benzene rings is 1. The normalized spacial score (nSPS) is 13.0. The summed E-state index contributed by atoms with van der Waals surface area (Å²) in [4.78, 5) is -0.163. The monoisotopic (exact) mass is 218 g/mol. The first-order valence-corrected chi connectivity index (χ1v) is 4.16. The van der Waals surface area contributed by atoms with Crippen LogP contribution in [-0.2, 0) is 0 Å². The fourth-order valence-corrected chi connectivity index (χ4v) is 1.37. The van der Waals surface area contributed by atoms with Crippen molar-refractivity contribution in [2.24, 2.45) is 0 Å². The summed E-state index contributed by atoms with van der Waals surface area (Å²) < 4.78 is 12.9. The van der Waals surface area contributed by atoms with Crippen LogP contribution < -0.4 is 0 Å². The molecule has 0 saturated carbocycles. The molecule has 1 aromatic rings.